The smallest absolute Gasteiger partial charge is 0.227 e. The van der Waals surface area contributed by atoms with Crippen LogP contribution in [0.15, 0.2) is 12.7 Å². The van der Waals surface area contributed by atoms with E-state index in [1.54, 1.807) is 27.1 Å². The molecule has 14 heavy (non-hydrogen) atoms. The summed E-state index contributed by atoms with van der Waals surface area (Å²) < 4.78 is 0. The van der Waals surface area contributed by atoms with E-state index >= 15 is 0 Å². The average Bonchev–Trinajstić information content (AvgIpc) is 2.15. The molecular weight excluding hydrogens is 178 g/mol. The number of aliphatic hydroxyl groups is 1. The lowest BCUT2D eigenvalue weighted by Crippen LogP contribution is -2.44. The quantitative estimate of drug-likeness (QED) is 0.680. The maximum absolute atomic E-state index is 11.7. The predicted octanol–water partition coefficient (Wildman–Crippen LogP) is 1.43. The Hall–Kier alpha value is -0.830. The molecule has 0 heterocycles. The Labute approximate surface area is 86.4 Å². The van der Waals surface area contributed by atoms with Crippen LogP contribution in [-0.4, -0.2) is 35.6 Å². The number of hydrogen-bond donors (Lipinski definition) is 1. The first-order valence-corrected chi connectivity index (χ1v) is 4.93. The van der Waals surface area contributed by atoms with Gasteiger partial charge in [0.05, 0.1) is 11.5 Å². The Kier molecular flexibility index (Phi) is 4.85. The Morgan fingerprint density at radius 3 is 2.43 bits per heavy atom. The number of carbonyl (C=O) groups is 1. The number of carbonyl (C=O) groups excluding carboxylic acids is 1. The van der Waals surface area contributed by atoms with E-state index < -0.39 is 5.60 Å². The first-order valence-electron chi connectivity index (χ1n) is 4.93. The van der Waals surface area contributed by atoms with Gasteiger partial charge in [-0.3, -0.25) is 4.79 Å². The summed E-state index contributed by atoms with van der Waals surface area (Å²) in [6.45, 7) is 7.23. The number of rotatable bonds is 5. The zero-order valence-electron chi connectivity index (χ0n) is 9.58. The maximum Gasteiger partial charge on any atom is 0.227 e. The van der Waals surface area contributed by atoms with Crippen molar-refractivity contribution in [1.82, 2.24) is 4.90 Å². The van der Waals surface area contributed by atoms with Crippen molar-refractivity contribution in [3.05, 3.63) is 12.7 Å². The standard InChI is InChI=1S/C11H21NO2/c1-6-8-11(14,7-2)9(3)10(13)12(4)5/h6,9,14H,1,7-8H2,2-5H3/t9-,11+/m0/s1. The summed E-state index contributed by atoms with van der Waals surface area (Å²) in [5.41, 5.74) is -0.955. The first-order chi connectivity index (χ1) is 6.39. The monoisotopic (exact) mass is 199 g/mol. The average molecular weight is 199 g/mol. The van der Waals surface area contributed by atoms with E-state index in [4.69, 9.17) is 0 Å². The summed E-state index contributed by atoms with van der Waals surface area (Å²) in [6, 6.07) is 0. The molecule has 3 heteroatoms. The molecule has 0 aromatic heterocycles. The second kappa shape index (κ2) is 5.15. The largest absolute Gasteiger partial charge is 0.389 e. The van der Waals surface area contributed by atoms with Crippen LogP contribution in [-0.2, 0) is 4.79 Å². The SMILES string of the molecule is C=CC[C@](O)(CC)[C@@H](C)C(=O)N(C)C. The van der Waals surface area contributed by atoms with E-state index in [-0.39, 0.29) is 11.8 Å². The van der Waals surface area contributed by atoms with Gasteiger partial charge in [0.1, 0.15) is 0 Å². The molecule has 0 saturated heterocycles. The molecule has 82 valence electrons. The van der Waals surface area contributed by atoms with Crippen molar-refractivity contribution >= 4 is 5.91 Å². The van der Waals surface area contributed by atoms with Gasteiger partial charge in [0.25, 0.3) is 0 Å². The normalized spacial score (nSPS) is 16.9. The lowest BCUT2D eigenvalue weighted by atomic mass is 9.82. The highest BCUT2D eigenvalue weighted by molar-refractivity contribution is 5.79. The van der Waals surface area contributed by atoms with Crippen LogP contribution >= 0.6 is 0 Å². The predicted molar refractivity (Wildman–Crippen MR) is 57.9 cm³/mol. The van der Waals surface area contributed by atoms with Gasteiger partial charge in [-0.1, -0.05) is 19.9 Å². The van der Waals surface area contributed by atoms with Crippen molar-refractivity contribution in [3.8, 4) is 0 Å². The van der Waals surface area contributed by atoms with Crippen LogP contribution < -0.4 is 0 Å². The third-order valence-corrected chi connectivity index (χ3v) is 2.73. The minimum absolute atomic E-state index is 0.0452. The van der Waals surface area contributed by atoms with Gasteiger partial charge in [-0.2, -0.15) is 0 Å². The lowest BCUT2D eigenvalue weighted by molar-refractivity contribution is -0.141. The highest BCUT2D eigenvalue weighted by Crippen LogP contribution is 2.26. The van der Waals surface area contributed by atoms with Gasteiger partial charge in [-0.15, -0.1) is 6.58 Å². The summed E-state index contributed by atoms with van der Waals surface area (Å²) in [7, 11) is 3.39. The van der Waals surface area contributed by atoms with Crippen LogP contribution in [0, 0.1) is 5.92 Å². The van der Waals surface area contributed by atoms with Crippen molar-refractivity contribution in [1.29, 1.82) is 0 Å². The summed E-state index contributed by atoms with van der Waals surface area (Å²) >= 11 is 0. The zero-order chi connectivity index (χ0) is 11.4. The van der Waals surface area contributed by atoms with Crippen molar-refractivity contribution in [2.75, 3.05) is 14.1 Å². The molecule has 0 aliphatic rings. The Morgan fingerprint density at radius 1 is 1.64 bits per heavy atom. The fraction of sp³-hybridized carbons (Fsp3) is 0.727. The number of nitrogens with zero attached hydrogens (tertiary/aromatic N) is 1. The molecule has 0 radical (unpaired) electrons. The fourth-order valence-corrected chi connectivity index (χ4v) is 1.49. The molecule has 1 amide bonds. The molecule has 0 aromatic rings. The molecule has 0 aliphatic heterocycles. The van der Waals surface area contributed by atoms with Crippen molar-refractivity contribution < 1.29 is 9.90 Å². The van der Waals surface area contributed by atoms with Gasteiger partial charge in [-0.25, -0.2) is 0 Å². The van der Waals surface area contributed by atoms with Gasteiger partial charge >= 0.3 is 0 Å². The van der Waals surface area contributed by atoms with Crippen LogP contribution in [0.5, 0.6) is 0 Å². The van der Waals surface area contributed by atoms with E-state index in [1.165, 1.54) is 4.90 Å². The highest BCUT2D eigenvalue weighted by atomic mass is 16.3. The van der Waals surface area contributed by atoms with Crippen LogP contribution in [0.4, 0.5) is 0 Å². The molecule has 0 aliphatic carbocycles. The second-order valence-corrected chi connectivity index (χ2v) is 3.90. The molecule has 0 saturated carbocycles. The molecule has 0 aromatic carbocycles. The third-order valence-electron chi connectivity index (χ3n) is 2.73. The van der Waals surface area contributed by atoms with Gasteiger partial charge in [0, 0.05) is 14.1 Å². The van der Waals surface area contributed by atoms with Gasteiger partial charge in [0.2, 0.25) is 5.91 Å². The van der Waals surface area contributed by atoms with E-state index in [9.17, 15) is 9.90 Å². The second-order valence-electron chi connectivity index (χ2n) is 3.90. The van der Waals surface area contributed by atoms with E-state index in [0.29, 0.717) is 12.8 Å². The molecule has 3 nitrogen and oxygen atoms in total. The Bertz CT molecular complexity index is 213. The van der Waals surface area contributed by atoms with Crippen LogP contribution in [0.25, 0.3) is 0 Å². The molecule has 0 bridgehead atoms. The summed E-state index contributed by atoms with van der Waals surface area (Å²) in [5, 5.41) is 10.2. The summed E-state index contributed by atoms with van der Waals surface area (Å²) in [4.78, 5) is 13.2. The Balaban J connectivity index is 4.67. The van der Waals surface area contributed by atoms with Gasteiger partial charge in [-0.05, 0) is 12.8 Å². The van der Waals surface area contributed by atoms with Crippen LogP contribution in [0.1, 0.15) is 26.7 Å². The number of hydrogen-bond acceptors (Lipinski definition) is 2. The Morgan fingerprint density at radius 2 is 2.14 bits per heavy atom. The fourth-order valence-electron chi connectivity index (χ4n) is 1.49. The summed E-state index contributed by atoms with van der Waals surface area (Å²) in [6.07, 6.45) is 2.66. The van der Waals surface area contributed by atoms with Gasteiger partial charge < -0.3 is 10.0 Å². The van der Waals surface area contributed by atoms with Crippen LogP contribution in [0.2, 0.25) is 0 Å². The molecule has 1 N–H and O–H groups in total. The van der Waals surface area contributed by atoms with Gasteiger partial charge in [0.15, 0.2) is 0 Å². The van der Waals surface area contributed by atoms with E-state index in [0.717, 1.165) is 0 Å². The molecule has 0 unspecified atom stereocenters. The first kappa shape index (κ1) is 13.2. The van der Waals surface area contributed by atoms with Crippen molar-refractivity contribution in [2.45, 2.75) is 32.3 Å². The maximum atomic E-state index is 11.7. The van der Waals surface area contributed by atoms with Crippen molar-refractivity contribution in [3.63, 3.8) is 0 Å². The molecular formula is C11H21NO2. The number of amides is 1. The molecule has 0 spiro atoms. The van der Waals surface area contributed by atoms with E-state index in [1.807, 2.05) is 6.92 Å². The summed E-state index contributed by atoms with van der Waals surface area (Å²) in [5.74, 6) is -0.434. The molecule has 2 atom stereocenters. The molecule has 0 rings (SSSR count). The van der Waals surface area contributed by atoms with E-state index in [2.05, 4.69) is 6.58 Å². The highest BCUT2D eigenvalue weighted by Gasteiger charge is 2.36. The topological polar surface area (TPSA) is 40.5 Å². The van der Waals surface area contributed by atoms with Crippen molar-refractivity contribution in [2.24, 2.45) is 5.92 Å². The zero-order valence-corrected chi connectivity index (χ0v) is 9.58. The minimum atomic E-state index is -0.955. The minimum Gasteiger partial charge on any atom is -0.389 e. The third kappa shape index (κ3) is 2.84. The van der Waals surface area contributed by atoms with Crippen LogP contribution in [0.3, 0.4) is 0 Å². The lowest BCUT2D eigenvalue weighted by Gasteiger charge is -2.32. The molecule has 0 fully saturated rings.